The van der Waals surface area contributed by atoms with E-state index in [1.807, 2.05) is 0 Å². The van der Waals surface area contributed by atoms with Crippen LogP contribution in [0.2, 0.25) is 0 Å². The van der Waals surface area contributed by atoms with Gasteiger partial charge >= 0.3 is 0 Å². The van der Waals surface area contributed by atoms with Gasteiger partial charge in [-0.2, -0.15) is 0 Å². The third kappa shape index (κ3) is 3.23. The van der Waals surface area contributed by atoms with Crippen LogP contribution in [0.5, 0.6) is 0 Å². The van der Waals surface area contributed by atoms with Gasteiger partial charge in [0.05, 0.1) is 6.04 Å². The van der Waals surface area contributed by atoms with Crippen molar-refractivity contribution in [3.8, 4) is 12.3 Å². The van der Waals surface area contributed by atoms with E-state index >= 15 is 0 Å². The minimum absolute atomic E-state index is 0.0791. The molecule has 1 fully saturated rings. The molecule has 2 heteroatoms. The molecule has 2 atom stereocenters. The summed E-state index contributed by atoms with van der Waals surface area (Å²) < 4.78 is 0. The Morgan fingerprint density at radius 1 is 1.44 bits per heavy atom. The lowest BCUT2D eigenvalue weighted by Crippen LogP contribution is -2.53. The molecule has 0 heterocycles. The number of hydrogen-bond donors (Lipinski definition) is 2. The van der Waals surface area contributed by atoms with Crippen LogP contribution in [0.25, 0.3) is 0 Å². The highest BCUT2D eigenvalue weighted by atomic mass is 15.0. The summed E-state index contributed by atoms with van der Waals surface area (Å²) in [5, 5.41) is 3.62. The molecule has 0 amide bonds. The van der Waals surface area contributed by atoms with Crippen molar-refractivity contribution in [1.82, 2.24) is 5.32 Å². The average Bonchev–Trinajstić information content (AvgIpc) is 2.54. The maximum Gasteiger partial charge on any atom is 0.0691 e. The Labute approximate surface area is 100 Å². The fraction of sp³-hybridized carbons (Fsp3) is 0.857. The van der Waals surface area contributed by atoms with E-state index < -0.39 is 0 Å². The van der Waals surface area contributed by atoms with Crippen LogP contribution in [-0.4, -0.2) is 18.1 Å². The van der Waals surface area contributed by atoms with Gasteiger partial charge in [-0.15, -0.1) is 6.42 Å². The zero-order chi connectivity index (χ0) is 12.2. The van der Waals surface area contributed by atoms with Gasteiger partial charge in [-0.1, -0.05) is 33.1 Å². The molecule has 0 radical (unpaired) electrons. The SMILES string of the molecule is C#CC(CCC)NC1(CN)CCC(C)(C)C1. The molecule has 1 rings (SSSR count). The first-order valence-corrected chi connectivity index (χ1v) is 6.41. The predicted octanol–water partition coefficient (Wildman–Crippen LogP) is 2.29. The fourth-order valence-corrected chi connectivity index (χ4v) is 2.88. The molecule has 1 aliphatic carbocycles. The molecular formula is C14H26N2. The maximum atomic E-state index is 5.96. The Balaban J connectivity index is 2.65. The van der Waals surface area contributed by atoms with Gasteiger partial charge in [0, 0.05) is 12.1 Å². The van der Waals surface area contributed by atoms with E-state index in [9.17, 15) is 0 Å². The number of rotatable bonds is 5. The number of nitrogens with one attached hydrogen (secondary N) is 1. The lowest BCUT2D eigenvalue weighted by molar-refractivity contribution is 0.274. The van der Waals surface area contributed by atoms with Gasteiger partial charge in [-0.05, 0) is 31.1 Å². The minimum Gasteiger partial charge on any atom is -0.329 e. The van der Waals surface area contributed by atoms with Crippen LogP contribution in [0.4, 0.5) is 0 Å². The van der Waals surface area contributed by atoms with E-state index in [1.54, 1.807) is 0 Å². The van der Waals surface area contributed by atoms with Gasteiger partial charge in [-0.3, -0.25) is 5.32 Å². The van der Waals surface area contributed by atoms with Crippen LogP contribution in [-0.2, 0) is 0 Å². The zero-order valence-corrected chi connectivity index (χ0v) is 11.0. The van der Waals surface area contributed by atoms with E-state index in [0.29, 0.717) is 12.0 Å². The van der Waals surface area contributed by atoms with Crippen molar-refractivity contribution in [3.63, 3.8) is 0 Å². The van der Waals surface area contributed by atoms with Crippen molar-refractivity contribution in [1.29, 1.82) is 0 Å². The van der Waals surface area contributed by atoms with Crippen LogP contribution in [0.1, 0.15) is 52.9 Å². The summed E-state index contributed by atoms with van der Waals surface area (Å²) in [5.74, 6) is 2.85. The monoisotopic (exact) mass is 222 g/mol. The third-order valence-corrected chi connectivity index (χ3v) is 3.75. The first-order valence-electron chi connectivity index (χ1n) is 6.41. The van der Waals surface area contributed by atoms with Crippen molar-refractivity contribution in [2.45, 2.75) is 64.5 Å². The first kappa shape index (κ1) is 13.5. The minimum atomic E-state index is 0.0791. The van der Waals surface area contributed by atoms with Crippen LogP contribution < -0.4 is 11.1 Å². The lowest BCUT2D eigenvalue weighted by atomic mass is 9.87. The maximum absolute atomic E-state index is 5.96. The Morgan fingerprint density at radius 3 is 2.50 bits per heavy atom. The molecule has 0 aromatic carbocycles. The molecule has 2 unspecified atom stereocenters. The number of nitrogens with two attached hydrogens (primary N) is 1. The molecule has 16 heavy (non-hydrogen) atoms. The first-order chi connectivity index (χ1) is 7.47. The highest BCUT2D eigenvalue weighted by Gasteiger charge is 2.42. The molecule has 0 aromatic rings. The summed E-state index contributed by atoms with van der Waals surface area (Å²) in [7, 11) is 0. The quantitative estimate of drug-likeness (QED) is 0.700. The molecule has 0 saturated heterocycles. The Kier molecular flexibility index (Phi) is 4.41. The second kappa shape index (κ2) is 5.21. The topological polar surface area (TPSA) is 38.0 Å². The van der Waals surface area contributed by atoms with Crippen molar-refractivity contribution in [2.24, 2.45) is 11.1 Å². The average molecular weight is 222 g/mol. The van der Waals surface area contributed by atoms with E-state index in [4.69, 9.17) is 12.2 Å². The molecular weight excluding hydrogens is 196 g/mol. The van der Waals surface area contributed by atoms with Crippen molar-refractivity contribution in [3.05, 3.63) is 0 Å². The van der Waals surface area contributed by atoms with Crippen LogP contribution in [0, 0.1) is 17.8 Å². The van der Waals surface area contributed by atoms with E-state index in [0.717, 1.165) is 25.7 Å². The van der Waals surface area contributed by atoms with Crippen molar-refractivity contribution < 1.29 is 0 Å². The summed E-state index contributed by atoms with van der Waals surface area (Å²) in [4.78, 5) is 0. The molecule has 2 nitrogen and oxygen atoms in total. The summed E-state index contributed by atoms with van der Waals surface area (Å²) in [6, 6.07) is 0.183. The second-order valence-electron chi connectivity index (χ2n) is 5.98. The van der Waals surface area contributed by atoms with Crippen LogP contribution in [0.15, 0.2) is 0 Å². The van der Waals surface area contributed by atoms with E-state index in [2.05, 4.69) is 32.0 Å². The van der Waals surface area contributed by atoms with Crippen LogP contribution in [0.3, 0.4) is 0 Å². The van der Waals surface area contributed by atoms with Gasteiger partial charge < -0.3 is 5.73 Å². The second-order valence-corrected chi connectivity index (χ2v) is 5.98. The zero-order valence-electron chi connectivity index (χ0n) is 11.0. The molecule has 1 saturated carbocycles. The fourth-order valence-electron chi connectivity index (χ4n) is 2.88. The van der Waals surface area contributed by atoms with Gasteiger partial charge in [0.15, 0.2) is 0 Å². The molecule has 1 aliphatic rings. The van der Waals surface area contributed by atoms with E-state index in [1.165, 1.54) is 6.42 Å². The van der Waals surface area contributed by atoms with Gasteiger partial charge in [0.2, 0.25) is 0 Å². The molecule has 0 bridgehead atoms. The summed E-state index contributed by atoms with van der Waals surface area (Å²) in [5.41, 5.74) is 6.44. The molecule has 3 N–H and O–H groups in total. The lowest BCUT2D eigenvalue weighted by Gasteiger charge is -2.33. The van der Waals surface area contributed by atoms with Gasteiger partial charge in [-0.25, -0.2) is 0 Å². The van der Waals surface area contributed by atoms with Crippen molar-refractivity contribution >= 4 is 0 Å². The largest absolute Gasteiger partial charge is 0.329 e. The highest BCUT2D eigenvalue weighted by Crippen LogP contribution is 2.43. The third-order valence-electron chi connectivity index (χ3n) is 3.75. The molecule has 0 spiro atoms. The number of terminal acetylenes is 1. The standard InChI is InChI=1S/C14H26N2/c1-5-7-12(6-2)16-14(11-15)9-8-13(3,4)10-14/h2,12,16H,5,7-11,15H2,1,3-4H3. The van der Waals surface area contributed by atoms with Crippen LogP contribution >= 0.6 is 0 Å². The normalized spacial score (nSPS) is 29.9. The van der Waals surface area contributed by atoms with Gasteiger partial charge in [0.1, 0.15) is 0 Å². The molecule has 0 aliphatic heterocycles. The van der Waals surface area contributed by atoms with Crippen molar-refractivity contribution in [2.75, 3.05) is 6.54 Å². The number of hydrogen-bond acceptors (Lipinski definition) is 2. The predicted molar refractivity (Wildman–Crippen MR) is 70.1 cm³/mol. The Morgan fingerprint density at radius 2 is 2.12 bits per heavy atom. The Bertz CT molecular complexity index is 264. The van der Waals surface area contributed by atoms with Gasteiger partial charge in [0.25, 0.3) is 0 Å². The summed E-state index contributed by atoms with van der Waals surface area (Å²) in [6.07, 6.45) is 11.2. The smallest absolute Gasteiger partial charge is 0.0691 e. The molecule has 92 valence electrons. The van der Waals surface area contributed by atoms with E-state index in [-0.39, 0.29) is 11.6 Å². The Hall–Kier alpha value is -0.520. The summed E-state index contributed by atoms with van der Waals surface area (Å²) >= 11 is 0. The summed E-state index contributed by atoms with van der Waals surface area (Å²) in [6.45, 7) is 7.49. The highest BCUT2D eigenvalue weighted by molar-refractivity contribution is 5.07. The molecule has 0 aromatic heterocycles.